The van der Waals surface area contributed by atoms with E-state index in [1.807, 2.05) is 0 Å². The third-order valence-electron chi connectivity index (χ3n) is 5.52. The predicted octanol–water partition coefficient (Wildman–Crippen LogP) is 1.65. The van der Waals surface area contributed by atoms with Crippen molar-refractivity contribution in [3.63, 3.8) is 0 Å². The molecule has 11 heteroatoms. The lowest BCUT2D eigenvalue weighted by Gasteiger charge is -2.31. The molecule has 2 aromatic rings. The number of hydrogen-bond donors (Lipinski definition) is 1. The van der Waals surface area contributed by atoms with Gasteiger partial charge in [-0.05, 0) is 37.1 Å². The molecule has 2 aliphatic heterocycles. The van der Waals surface area contributed by atoms with Crippen LogP contribution < -0.4 is 5.32 Å². The van der Waals surface area contributed by atoms with E-state index in [-0.39, 0.29) is 22.6 Å². The van der Waals surface area contributed by atoms with Crippen LogP contribution in [0.1, 0.15) is 23.2 Å². The Balaban J connectivity index is 1.34. The Hall–Kier alpha value is -2.34. The van der Waals surface area contributed by atoms with E-state index in [4.69, 9.17) is 4.74 Å². The summed E-state index contributed by atoms with van der Waals surface area (Å²) in [6.45, 7) is 2.37. The van der Waals surface area contributed by atoms with E-state index >= 15 is 0 Å². The van der Waals surface area contributed by atoms with Crippen LogP contribution in [-0.2, 0) is 19.6 Å². The van der Waals surface area contributed by atoms with Crippen LogP contribution in [0.25, 0.3) is 0 Å². The molecule has 2 aliphatic rings. The minimum absolute atomic E-state index is 0.0697. The minimum Gasteiger partial charge on any atom is -0.379 e. The van der Waals surface area contributed by atoms with Crippen LogP contribution >= 0.6 is 11.3 Å². The number of nitrogens with zero attached hydrogens (tertiary/aromatic N) is 3. The molecule has 1 aromatic carbocycles. The van der Waals surface area contributed by atoms with Gasteiger partial charge in [-0.25, -0.2) is 13.4 Å². The van der Waals surface area contributed by atoms with Crippen molar-refractivity contribution < 1.29 is 22.7 Å². The average Bonchev–Trinajstić information content (AvgIpc) is 3.32. The summed E-state index contributed by atoms with van der Waals surface area (Å²) >= 11 is 1.37. The number of hydrogen-bond acceptors (Lipinski definition) is 7. The van der Waals surface area contributed by atoms with E-state index in [2.05, 4.69) is 10.3 Å². The number of ether oxygens (including phenoxy) is 1. The normalized spacial score (nSPS) is 18.6. The maximum absolute atomic E-state index is 12.8. The largest absolute Gasteiger partial charge is 0.379 e. The highest BCUT2D eigenvalue weighted by Crippen LogP contribution is 2.23. The molecule has 4 rings (SSSR count). The summed E-state index contributed by atoms with van der Waals surface area (Å²) < 4.78 is 32.0. The highest BCUT2D eigenvalue weighted by atomic mass is 32.2. The molecule has 0 radical (unpaired) electrons. The zero-order valence-corrected chi connectivity index (χ0v) is 18.5. The van der Waals surface area contributed by atoms with E-state index in [1.54, 1.807) is 28.6 Å². The van der Waals surface area contributed by atoms with E-state index < -0.39 is 10.0 Å². The van der Waals surface area contributed by atoms with E-state index in [9.17, 15) is 18.0 Å². The van der Waals surface area contributed by atoms with Gasteiger partial charge in [-0.2, -0.15) is 4.31 Å². The summed E-state index contributed by atoms with van der Waals surface area (Å²) in [7, 11) is -3.59. The molecule has 0 unspecified atom stereocenters. The first-order valence-electron chi connectivity index (χ1n) is 10.1. The number of nitrogens with one attached hydrogen (secondary N) is 1. The molecule has 1 aromatic heterocycles. The van der Waals surface area contributed by atoms with Crippen molar-refractivity contribution in [2.45, 2.75) is 17.7 Å². The molecule has 1 N–H and O–H groups in total. The van der Waals surface area contributed by atoms with Crippen molar-refractivity contribution in [3.05, 3.63) is 41.4 Å². The van der Waals surface area contributed by atoms with Crippen LogP contribution in [0.5, 0.6) is 0 Å². The lowest BCUT2D eigenvalue weighted by atomic mass is 9.95. The quantitative estimate of drug-likeness (QED) is 0.721. The number of benzene rings is 1. The number of amides is 2. The number of aromatic nitrogens is 1. The fourth-order valence-electron chi connectivity index (χ4n) is 3.73. The maximum Gasteiger partial charge on any atom is 0.253 e. The van der Waals surface area contributed by atoms with Crippen molar-refractivity contribution in [3.8, 4) is 0 Å². The van der Waals surface area contributed by atoms with E-state index in [0.29, 0.717) is 62.9 Å². The summed E-state index contributed by atoms with van der Waals surface area (Å²) in [5.74, 6) is -0.386. The van der Waals surface area contributed by atoms with Gasteiger partial charge in [0.25, 0.3) is 5.91 Å². The summed E-state index contributed by atoms with van der Waals surface area (Å²) in [5, 5.41) is 5.19. The Morgan fingerprint density at radius 3 is 2.35 bits per heavy atom. The average molecular weight is 465 g/mol. The summed E-state index contributed by atoms with van der Waals surface area (Å²) in [6, 6.07) is 6.06. The lowest BCUT2D eigenvalue weighted by molar-refractivity contribution is -0.121. The standard InChI is InChI=1S/C20H24N4O5S2/c25-18(22-20-21-7-14-30-20)15-5-8-23(9-6-15)19(26)16-1-3-17(4-2-16)31(27,28)24-10-12-29-13-11-24/h1-4,7,14-15H,5-6,8-13H2,(H,21,22,25). The zero-order chi connectivity index (χ0) is 21.8. The molecule has 2 fully saturated rings. The van der Waals surface area contributed by atoms with Gasteiger partial charge >= 0.3 is 0 Å². The van der Waals surface area contributed by atoms with Gasteiger partial charge in [0.15, 0.2) is 5.13 Å². The number of thiazole rings is 1. The predicted molar refractivity (Wildman–Crippen MR) is 115 cm³/mol. The molecule has 0 saturated carbocycles. The Morgan fingerprint density at radius 2 is 1.74 bits per heavy atom. The van der Waals surface area contributed by atoms with Crippen LogP contribution in [0.15, 0.2) is 40.7 Å². The number of rotatable bonds is 5. The van der Waals surface area contributed by atoms with Gasteiger partial charge in [0.05, 0.1) is 18.1 Å². The highest BCUT2D eigenvalue weighted by molar-refractivity contribution is 7.89. The third-order valence-corrected chi connectivity index (χ3v) is 8.13. The molecule has 2 saturated heterocycles. The molecule has 9 nitrogen and oxygen atoms in total. The highest BCUT2D eigenvalue weighted by Gasteiger charge is 2.29. The summed E-state index contributed by atoms with van der Waals surface area (Å²) in [5.41, 5.74) is 0.437. The van der Waals surface area contributed by atoms with Gasteiger partial charge in [-0.1, -0.05) is 0 Å². The van der Waals surface area contributed by atoms with Gasteiger partial charge in [0.2, 0.25) is 15.9 Å². The molecular formula is C20H24N4O5S2. The van der Waals surface area contributed by atoms with Crippen molar-refractivity contribution >= 4 is 38.3 Å². The molecule has 0 spiro atoms. The van der Waals surface area contributed by atoms with Gasteiger partial charge in [-0.3, -0.25) is 9.59 Å². The van der Waals surface area contributed by atoms with Crippen molar-refractivity contribution in [2.75, 3.05) is 44.7 Å². The first-order chi connectivity index (χ1) is 14.9. The van der Waals surface area contributed by atoms with E-state index in [0.717, 1.165) is 0 Å². The number of likely N-dealkylation sites (tertiary alicyclic amines) is 1. The summed E-state index contributed by atoms with van der Waals surface area (Å²) in [6.07, 6.45) is 2.79. The van der Waals surface area contributed by atoms with Crippen molar-refractivity contribution in [2.24, 2.45) is 5.92 Å². The molecule has 166 valence electrons. The van der Waals surface area contributed by atoms with Crippen LogP contribution in [-0.4, -0.2) is 73.8 Å². The zero-order valence-electron chi connectivity index (χ0n) is 16.9. The van der Waals surface area contributed by atoms with Gasteiger partial charge in [-0.15, -0.1) is 11.3 Å². The summed E-state index contributed by atoms with van der Waals surface area (Å²) in [4.78, 5) is 31.1. The SMILES string of the molecule is O=C(Nc1nccs1)C1CCN(C(=O)c2ccc(S(=O)(=O)N3CCOCC3)cc2)CC1. The fraction of sp³-hybridized carbons (Fsp3) is 0.450. The van der Waals surface area contributed by atoms with Crippen LogP contribution in [0.3, 0.4) is 0 Å². The van der Waals surface area contributed by atoms with Crippen LogP contribution in [0.2, 0.25) is 0 Å². The second-order valence-corrected chi connectivity index (χ2v) is 10.3. The number of carbonyl (C=O) groups is 2. The Labute approximate surface area is 185 Å². The molecule has 31 heavy (non-hydrogen) atoms. The molecule has 0 aliphatic carbocycles. The number of anilines is 1. The van der Waals surface area contributed by atoms with Gasteiger partial charge in [0.1, 0.15) is 0 Å². The third kappa shape index (κ3) is 4.95. The van der Waals surface area contributed by atoms with Gasteiger partial charge < -0.3 is 15.0 Å². The Kier molecular flexibility index (Phi) is 6.65. The number of carbonyl (C=O) groups excluding carboxylic acids is 2. The first-order valence-corrected chi connectivity index (χ1v) is 12.4. The second-order valence-electron chi connectivity index (χ2n) is 7.43. The number of sulfonamides is 1. The van der Waals surface area contributed by atoms with Crippen molar-refractivity contribution in [1.82, 2.24) is 14.2 Å². The van der Waals surface area contributed by atoms with Crippen LogP contribution in [0, 0.1) is 5.92 Å². The topological polar surface area (TPSA) is 109 Å². The Morgan fingerprint density at radius 1 is 1.06 bits per heavy atom. The number of piperidine rings is 1. The smallest absolute Gasteiger partial charge is 0.253 e. The van der Waals surface area contributed by atoms with Gasteiger partial charge in [0, 0.05) is 49.2 Å². The molecule has 2 amide bonds. The fourth-order valence-corrected chi connectivity index (χ4v) is 5.67. The first kappa shape index (κ1) is 21.9. The molecule has 3 heterocycles. The number of morpholine rings is 1. The lowest BCUT2D eigenvalue weighted by Crippen LogP contribution is -2.41. The molecular weight excluding hydrogens is 440 g/mol. The Bertz CT molecular complexity index is 1010. The van der Waals surface area contributed by atoms with Crippen LogP contribution in [0.4, 0.5) is 5.13 Å². The monoisotopic (exact) mass is 464 g/mol. The van der Waals surface area contributed by atoms with Crippen molar-refractivity contribution in [1.29, 1.82) is 0 Å². The molecule has 0 bridgehead atoms. The molecule has 0 atom stereocenters. The minimum atomic E-state index is -3.59. The maximum atomic E-state index is 12.8. The second kappa shape index (κ2) is 9.43. The van der Waals surface area contributed by atoms with E-state index in [1.165, 1.54) is 27.8 Å².